The van der Waals surface area contributed by atoms with Crippen LogP contribution in [0.4, 0.5) is 13.2 Å². The van der Waals surface area contributed by atoms with Gasteiger partial charge in [0, 0.05) is 5.56 Å². The summed E-state index contributed by atoms with van der Waals surface area (Å²) in [6, 6.07) is 2.95. The molecule has 1 N–H and O–H groups in total. The zero-order valence-electron chi connectivity index (χ0n) is 20.0. The third-order valence-corrected chi connectivity index (χ3v) is 6.27. The Labute approximate surface area is 197 Å². The van der Waals surface area contributed by atoms with Crippen LogP contribution in [0.15, 0.2) is 39.9 Å². The summed E-state index contributed by atoms with van der Waals surface area (Å²) in [5, 5.41) is 9.24. The molecule has 3 atom stereocenters. The molecule has 1 aromatic carbocycles. The fraction of sp³-hybridized carbons (Fsp3) is 0.542. The van der Waals surface area contributed by atoms with Crippen LogP contribution in [0.2, 0.25) is 0 Å². The number of carbonyl (C=O) groups excluding carboxylic acids is 1. The number of hydrogen-bond donors (Lipinski definition) is 1. The topological polar surface area (TPSA) is 69.5 Å². The van der Waals surface area contributed by atoms with Crippen molar-refractivity contribution in [2.45, 2.75) is 64.7 Å². The van der Waals surface area contributed by atoms with E-state index in [1.54, 1.807) is 18.0 Å². The monoisotopic (exact) mass is 477 g/mol. The Bertz CT molecular complexity index is 1070. The average molecular weight is 478 g/mol. The number of rotatable bonds is 4. The summed E-state index contributed by atoms with van der Waals surface area (Å²) in [5.74, 6) is -0.417. The predicted octanol–water partition coefficient (Wildman–Crippen LogP) is 3.80. The van der Waals surface area contributed by atoms with Crippen molar-refractivity contribution >= 4 is 17.6 Å². The molecule has 10 heteroatoms. The molecule has 34 heavy (non-hydrogen) atoms. The maximum atomic E-state index is 14.7. The van der Waals surface area contributed by atoms with Crippen LogP contribution in [0.3, 0.4) is 0 Å². The number of carbonyl (C=O) groups is 1. The van der Waals surface area contributed by atoms with Gasteiger partial charge < -0.3 is 15.0 Å². The summed E-state index contributed by atoms with van der Waals surface area (Å²) in [6.07, 6.45) is -1.24. The molecule has 0 spiro atoms. The van der Waals surface area contributed by atoms with E-state index in [0.717, 1.165) is 6.07 Å². The van der Waals surface area contributed by atoms with Gasteiger partial charge in [-0.25, -0.2) is 18.2 Å². The molecule has 1 aromatic rings. The van der Waals surface area contributed by atoms with Gasteiger partial charge in [0.2, 0.25) is 0 Å². The van der Waals surface area contributed by atoms with Crippen molar-refractivity contribution in [3.05, 3.63) is 46.8 Å². The van der Waals surface area contributed by atoms with Gasteiger partial charge in [0.25, 0.3) is 12.3 Å². The number of nitrogens with one attached hydrogen (secondary N) is 1. The number of benzene rings is 1. The molecule has 7 nitrogen and oxygen atoms in total. The average Bonchev–Trinajstić information content (AvgIpc) is 3.12. The highest BCUT2D eigenvalue weighted by molar-refractivity contribution is 6.25. The van der Waals surface area contributed by atoms with Crippen molar-refractivity contribution in [2.75, 3.05) is 19.8 Å². The minimum absolute atomic E-state index is 0.00188. The number of aliphatic imine (C=N–C) groups is 1. The van der Waals surface area contributed by atoms with E-state index in [2.05, 4.69) is 29.1 Å². The Hall–Kier alpha value is -2.88. The van der Waals surface area contributed by atoms with E-state index < -0.39 is 29.8 Å². The molecule has 0 unspecified atom stereocenters. The molecule has 1 saturated heterocycles. The summed E-state index contributed by atoms with van der Waals surface area (Å²) in [7, 11) is 0. The number of amidine groups is 2. The second-order valence-corrected chi connectivity index (χ2v) is 9.69. The van der Waals surface area contributed by atoms with Crippen LogP contribution in [0.1, 0.15) is 58.2 Å². The molecule has 184 valence electrons. The lowest BCUT2D eigenvalue weighted by atomic mass is 9.98. The molecule has 4 rings (SSSR count). The van der Waals surface area contributed by atoms with Crippen LogP contribution < -0.4 is 5.32 Å². The number of fused-ring (bicyclic) bond motifs is 1. The SMILES string of the molecule is C[C@@H]1CN2N=C(N3[C@@H](C)COCC3(C)C)C=C(C(=O)N[C@H](C)c3cccc(C(F)F)c3F)C2=N1. The number of morpholine rings is 1. The molecule has 0 aromatic heterocycles. The molecule has 0 saturated carbocycles. The second kappa shape index (κ2) is 9.05. The number of halogens is 3. The fourth-order valence-corrected chi connectivity index (χ4v) is 4.76. The zero-order chi connectivity index (χ0) is 24.8. The van der Waals surface area contributed by atoms with E-state index in [1.165, 1.54) is 12.1 Å². The molecule has 0 aliphatic carbocycles. The molecule has 3 aliphatic heterocycles. The lowest BCUT2D eigenvalue weighted by Gasteiger charge is -2.48. The minimum atomic E-state index is -2.94. The lowest BCUT2D eigenvalue weighted by molar-refractivity contribution is -0.117. The van der Waals surface area contributed by atoms with Crippen molar-refractivity contribution in [2.24, 2.45) is 10.1 Å². The van der Waals surface area contributed by atoms with Crippen molar-refractivity contribution in [1.29, 1.82) is 0 Å². The minimum Gasteiger partial charge on any atom is -0.377 e. The number of hydrogen-bond acceptors (Lipinski definition) is 6. The van der Waals surface area contributed by atoms with Crippen LogP contribution >= 0.6 is 0 Å². The zero-order valence-corrected chi connectivity index (χ0v) is 20.0. The maximum Gasteiger partial charge on any atom is 0.266 e. The normalized spacial score (nSPS) is 24.9. The number of amides is 1. The van der Waals surface area contributed by atoms with E-state index in [1.807, 2.05) is 13.8 Å². The standard InChI is InChI=1S/C24H30F3N5O2/c1-13-10-31-22(28-13)18(9-19(30-31)32-14(2)11-34-12-24(32,4)5)23(33)29-15(3)16-7-6-8-17(20(16)25)21(26)27/h6-9,13-15,21H,10-12H2,1-5H3,(H,29,33)/t13-,14+,15-/m1/s1. The predicted molar refractivity (Wildman–Crippen MR) is 123 cm³/mol. The van der Waals surface area contributed by atoms with E-state index in [4.69, 9.17) is 9.84 Å². The molecule has 3 aliphatic rings. The number of nitrogens with zero attached hydrogens (tertiary/aromatic N) is 4. The number of alkyl halides is 2. The maximum absolute atomic E-state index is 14.7. The highest BCUT2D eigenvalue weighted by Crippen LogP contribution is 2.30. The van der Waals surface area contributed by atoms with Crippen molar-refractivity contribution in [3.63, 3.8) is 0 Å². The summed E-state index contributed by atoms with van der Waals surface area (Å²) in [4.78, 5) is 20.1. The smallest absolute Gasteiger partial charge is 0.266 e. The Morgan fingerprint density at radius 2 is 1.97 bits per heavy atom. The molecule has 1 amide bonds. The van der Waals surface area contributed by atoms with Gasteiger partial charge in [-0.2, -0.15) is 5.10 Å². The van der Waals surface area contributed by atoms with Crippen LogP contribution in [0.5, 0.6) is 0 Å². The van der Waals surface area contributed by atoms with Crippen LogP contribution in [0.25, 0.3) is 0 Å². The first-order valence-corrected chi connectivity index (χ1v) is 11.4. The molecule has 1 fully saturated rings. The quantitative estimate of drug-likeness (QED) is 0.717. The van der Waals surface area contributed by atoms with Crippen molar-refractivity contribution < 1.29 is 22.7 Å². The third-order valence-electron chi connectivity index (χ3n) is 6.27. The van der Waals surface area contributed by atoms with Gasteiger partial charge in [0.05, 0.1) is 54.6 Å². The first-order chi connectivity index (χ1) is 16.0. The Morgan fingerprint density at radius 1 is 1.26 bits per heavy atom. The molecule has 0 bridgehead atoms. The third kappa shape index (κ3) is 4.43. The van der Waals surface area contributed by atoms with Gasteiger partial charge in [-0.3, -0.25) is 9.79 Å². The Kier molecular flexibility index (Phi) is 6.46. The fourth-order valence-electron chi connectivity index (χ4n) is 4.76. The first kappa shape index (κ1) is 24.3. The van der Waals surface area contributed by atoms with Crippen LogP contribution in [0, 0.1) is 5.82 Å². The van der Waals surface area contributed by atoms with E-state index in [9.17, 15) is 18.0 Å². The largest absolute Gasteiger partial charge is 0.377 e. The summed E-state index contributed by atoms with van der Waals surface area (Å²) in [5.41, 5.74) is -0.728. The van der Waals surface area contributed by atoms with Crippen molar-refractivity contribution in [1.82, 2.24) is 15.2 Å². The van der Waals surface area contributed by atoms with Crippen LogP contribution in [-0.4, -0.2) is 64.9 Å². The van der Waals surface area contributed by atoms with Gasteiger partial charge in [-0.1, -0.05) is 18.2 Å². The van der Waals surface area contributed by atoms with Crippen molar-refractivity contribution in [3.8, 4) is 0 Å². The molecular formula is C24H30F3N5O2. The summed E-state index contributed by atoms with van der Waals surface area (Å²) >= 11 is 0. The number of ether oxygens (including phenoxy) is 1. The second-order valence-electron chi connectivity index (χ2n) is 9.69. The van der Waals surface area contributed by atoms with Gasteiger partial charge in [0.15, 0.2) is 11.7 Å². The van der Waals surface area contributed by atoms with E-state index >= 15 is 0 Å². The highest BCUT2D eigenvalue weighted by atomic mass is 19.3. The van der Waals surface area contributed by atoms with Crippen LogP contribution in [-0.2, 0) is 9.53 Å². The van der Waals surface area contributed by atoms with E-state index in [0.29, 0.717) is 37.0 Å². The first-order valence-electron chi connectivity index (χ1n) is 11.4. The van der Waals surface area contributed by atoms with Gasteiger partial charge in [0.1, 0.15) is 5.82 Å². The lowest BCUT2D eigenvalue weighted by Crippen LogP contribution is -2.60. The molecule has 0 radical (unpaired) electrons. The van der Waals surface area contributed by atoms with Gasteiger partial charge >= 0.3 is 0 Å². The highest BCUT2D eigenvalue weighted by Gasteiger charge is 2.41. The number of hydrazone groups is 1. The van der Waals surface area contributed by atoms with Gasteiger partial charge in [-0.05, 0) is 40.7 Å². The summed E-state index contributed by atoms with van der Waals surface area (Å²) < 4.78 is 46.6. The summed E-state index contributed by atoms with van der Waals surface area (Å²) in [6.45, 7) is 11.2. The molecular weight excluding hydrogens is 447 g/mol. The molecule has 3 heterocycles. The van der Waals surface area contributed by atoms with E-state index in [-0.39, 0.29) is 23.2 Å². The van der Waals surface area contributed by atoms with Gasteiger partial charge in [-0.15, -0.1) is 0 Å². The Balaban J connectivity index is 1.65. The Morgan fingerprint density at radius 3 is 2.65 bits per heavy atom.